The molecule has 1 amide bonds. The summed E-state index contributed by atoms with van der Waals surface area (Å²) < 4.78 is 13.6. The van der Waals surface area contributed by atoms with Crippen LogP contribution in [-0.2, 0) is 6.61 Å². The Bertz CT molecular complexity index is 1390. The van der Waals surface area contributed by atoms with E-state index in [1.54, 1.807) is 12.1 Å². The molecule has 2 aromatic heterocycles. The van der Waals surface area contributed by atoms with Crippen molar-refractivity contribution in [2.45, 2.75) is 19.6 Å². The number of carbonyl (C=O) groups excluding carboxylic acids is 1. The predicted molar refractivity (Wildman–Crippen MR) is 129 cm³/mol. The maximum atomic E-state index is 12.7. The van der Waals surface area contributed by atoms with Crippen molar-refractivity contribution >= 4 is 16.7 Å². The lowest BCUT2D eigenvalue weighted by atomic mass is 10.1. The van der Waals surface area contributed by atoms with Gasteiger partial charge in [0.05, 0.1) is 6.04 Å². The first-order valence-electron chi connectivity index (χ1n) is 10.9. The molecule has 2 heterocycles. The summed E-state index contributed by atoms with van der Waals surface area (Å²) in [5.41, 5.74) is 2.06. The Labute approximate surface area is 192 Å². The lowest BCUT2D eigenvalue weighted by Gasteiger charge is -2.15. The molecule has 0 spiro atoms. The van der Waals surface area contributed by atoms with Crippen molar-refractivity contribution in [2.75, 3.05) is 0 Å². The van der Waals surface area contributed by atoms with Gasteiger partial charge in [0, 0.05) is 18.1 Å². The van der Waals surface area contributed by atoms with E-state index in [0.717, 1.165) is 27.8 Å². The molecule has 5 aromatic rings. The summed E-state index contributed by atoms with van der Waals surface area (Å²) in [5, 5.41) is 5.29. The Hall–Kier alpha value is -4.25. The number of rotatable bonds is 7. The number of nitrogens with zero attached hydrogens (tertiary/aromatic N) is 1. The van der Waals surface area contributed by atoms with Crippen LogP contribution in [0.25, 0.3) is 16.5 Å². The quantitative estimate of drug-likeness (QED) is 0.326. The number of benzene rings is 3. The van der Waals surface area contributed by atoms with Crippen LogP contribution in [0, 0.1) is 0 Å². The predicted octanol–water partition coefficient (Wildman–Crippen LogP) is 6.29. The Balaban J connectivity index is 1.21. The summed E-state index contributed by atoms with van der Waals surface area (Å²) in [6, 6.07) is 29.4. The number of carbonyl (C=O) groups is 1. The molecule has 5 heteroatoms. The second-order valence-corrected chi connectivity index (χ2v) is 7.94. The van der Waals surface area contributed by atoms with E-state index in [9.17, 15) is 4.79 Å². The van der Waals surface area contributed by atoms with Gasteiger partial charge in [0.2, 0.25) is 0 Å². The van der Waals surface area contributed by atoms with Gasteiger partial charge in [0.1, 0.15) is 18.1 Å². The van der Waals surface area contributed by atoms with E-state index in [2.05, 4.69) is 17.4 Å². The molecule has 0 radical (unpaired) electrons. The Kier molecular flexibility index (Phi) is 5.68. The third-order valence-electron chi connectivity index (χ3n) is 5.61. The van der Waals surface area contributed by atoms with Gasteiger partial charge in [-0.25, -0.2) is 0 Å². The molecular formula is C28H24N2O3. The molecule has 1 N–H and O–H groups in total. The Morgan fingerprint density at radius 1 is 0.909 bits per heavy atom. The minimum absolute atomic E-state index is 0.171. The zero-order valence-corrected chi connectivity index (χ0v) is 18.3. The van der Waals surface area contributed by atoms with Crippen LogP contribution in [0.4, 0.5) is 0 Å². The third-order valence-corrected chi connectivity index (χ3v) is 5.61. The standard InChI is InChI=1S/C28H24N2O3/c1-20(22-9-6-10-24(17-22)30-15-4-5-16-30)29-28(31)27-14-13-26(33-27)19-32-25-12-11-21-7-2-3-8-23(21)18-25/h2-18,20H,19H2,1H3,(H,29,31). The fraction of sp³-hybridized carbons (Fsp3) is 0.107. The number of ether oxygens (including phenoxy) is 1. The highest BCUT2D eigenvalue weighted by Crippen LogP contribution is 2.22. The number of amides is 1. The summed E-state index contributed by atoms with van der Waals surface area (Å²) in [5.74, 6) is 1.36. The lowest BCUT2D eigenvalue weighted by molar-refractivity contribution is 0.0907. The molecule has 3 aromatic carbocycles. The van der Waals surface area contributed by atoms with Crippen LogP contribution < -0.4 is 10.1 Å². The van der Waals surface area contributed by atoms with Gasteiger partial charge < -0.3 is 19.0 Å². The first-order chi connectivity index (χ1) is 16.2. The van der Waals surface area contributed by atoms with Crippen LogP contribution in [0.2, 0.25) is 0 Å². The van der Waals surface area contributed by atoms with Crippen molar-refractivity contribution in [3.05, 3.63) is 120 Å². The molecule has 0 saturated carbocycles. The second kappa shape index (κ2) is 9.09. The zero-order valence-electron chi connectivity index (χ0n) is 18.3. The summed E-state index contributed by atoms with van der Waals surface area (Å²) in [6.07, 6.45) is 3.99. The lowest BCUT2D eigenvalue weighted by Crippen LogP contribution is -2.26. The molecule has 1 unspecified atom stereocenters. The van der Waals surface area contributed by atoms with E-state index in [1.165, 1.54) is 0 Å². The maximum absolute atomic E-state index is 12.7. The van der Waals surface area contributed by atoms with Gasteiger partial charge in [-0.3, -0.25) is 4.79 Å². The normalized spacial score (nSPS) is 11.9. The first-order valence-corrected chi connectivity index (χ1v) is 10.9. The van der Waals surface area contributed by atoms with Gasteiger partial charge in [-0.15, -0.1) is 0 Å². The molecule has 5 rings (SSSR count). The number of furan rings is 1. The van der Waals surface area contributed by atoms with E-state index in [1.807, 2.05) is 90.6 Å². The van der Waals surface area contributed by atoms with E-state index in [-0.39, 0.29) is 24.3 Å². The smallest absolute Gasteiger partial charge is 0.287 e. The Morgan fingerprint density at radius 2 is 1.73 bits per heavy atom. The largest absolute Gasteiger partial charge is 0.486 e. The van der Waals surface area contributed by atoms with E-state index in [0.29, 0.717) is 5.76 Å². The highest BCUT2D eigenvalue weighted by atomic mass is 16.5. The molecule has 0 saturated heterocycles. The first kappa shape index (κ1) is 20.6. The number of nitrogens with one attached hydrogen (secondary N) is 1. The van der Waals surface area contributed by atoms with Crippen molar-refractivity contribution in [1.82, 2.24) is 9.88 Å². The molecular weight excluding hydrogens is 412 g/mol. The minimum atomic E-state index is -0.258. The average Bonchev–Trinajstić information content (AvgIpc) is 3.55. The number of fused-ring (bicyclic) bond motifs is 1. The molecule has 5 nitrogen and oxygen atoms in total. The van der Waals surface area contributed by atoms with Gasteiger partial charge >= 0.3 is 0 Å². The van der Waals surface area contributed by atoms with Crippen LogP contribution in [0.5, 0.6) is 5.75 Å². The summed E-state index contributed by atoms with van der Waals surface area (Å²) in [7, 11) is 0. The molecule has 164 valence electrons. The molecule has 0 aliphatic heterocycles. The fourth-order valence-corrected chi connectivity index (χ4v) is 3.80. The minimum Gasteiger partial charge on any atom is -0.486 e. The Morgan fingerprint density at radius 3 is 2.58 bits per heavy atom. The van der Waals surface area contributed by atoms with E-state index >= 15 is 0 Å². The molecule has 0 aliphatic carbocycles. The molecule has 0 bridgehead atoms. The van der Waals surface area contributed by atoms with Crippen LogP contribution in [0.3, 0.4) is 0 Å². The van der Waals surface area contributed by atoms with Crippen molar-refractivity contribution in [3.63, 3.8) is 0 Å². The zero-order chi connectivity index (χ0) is 22.6. The van der Waals surface area contributed by atoms with Crippen LogP contribution in [0.15, 0.2) is 108 Å². The van der Waals surface area contributed by atoms with Crippen molar-refractivity contribution in [3.8, 4) is 11.4 Å². The van der Waals surface area contributed by atoms with Gasteiger partial charge in [-0.2, -0.15) is 0 Å². The monoisotopic (exact) mass is 436 g/mol. The highest BCUT2D eigenvalue weighted by Gasteiger charge is 2.16. The van der Waals surface area contributed by atoms with Crippen molar-refractivity contribution in [1.29, 1.82) is 0 Å². The van der Waals surface area contributed by atoms with E-state index in [4.69, 9.17) is 9.15 Å². The number of hydrogen-bond donors (Lipinski definition) is 1. The third kappa shape index (κ3) is 4.67. The van der Waals surface area contributed by atoms with Crippen LogP contribution >= 0.6 is 0 Å². The van der Waals surface area contributed by atoms with Gasteiger partial charge in [0.15, 0.2) is 5.76 Å². The van der Waals surface area contributed by atoms with Gasteiger partial charge in [0.25, 0.3) is 5.91 Å². The second-order valence-electron chi connectivity index (χ2n) is 7.94. The number of hydrogen-bond acceptors (Lipinski definition) is 3. The number of aromatic nitrogens is 1. The van der Waals surface area contributed by atoms with Crippen LogP contribution in [-0.4, -0.2) is 10.5 Å². The molecule has 0 fully saturated rings. The van der Waals surface area contributed by atoms with Gasteiger partial charge in [-0.05, 0) is 71.8 Å². The van der Waals surface area contributed by atoms with Crippen LogP contribution in [0.1, 0.15) is 34.8 Å². The fourth-order valence-electron chi connectivity index (χ4n) is 3.80. The topological polar surface area (TPSA) is 56.4 Å². The highest BCUT2D eigenvalue weighted by molar-refractivity contribution is 5.91. The average molecular weight is 437 g/mol. The summed E-state index contributed by atoms with van der Waals surface area (Å²) in [6.45, 7) is 2.21. The van der Waals surface area contributed by atoms with E-state index < -0.39 is 0 Å². The molecule has 1 atom stereocenters. The SMILES string of the molecule is CC(NC(=O)c1ccc(COc2ccc3ccccc3c2)o1)c1cccc(-n2cccc2)c1. The molecule has 33 heavy (non-hydrogen) atoms. The van der Waals surface area contributed by atoms with Gasteiger partial charge in [-0.1, -0.05) is 42.5 Å². The summed E-state index contributed by atoms with van der Waals surface area (Å²) in [4.78, 5) is 12.7. The van der Waals surface area contributed by atoms with Crippen molar-refractivity contribution < 1.29 is 13.9 Å². The summed E-state index contributed by atoms with van der Waals surface area (Å²) >= 11 is 0. The maximum Gasteiger partial charge on any atom is 0.287 e. The molecule has 0 aliphatic rings. The van der Waals surface area contributed by atoms with Crippen molar-refractivity contribution in [2.24, 2.45) is 0 Å².